The molecule has 0 saturated carbocycles. The Morgan fingerprint density at radius 1 is 1.11 bits per heavy atom. The highest BCUT2D eigenvalue weighted by Crippen LogP contribution is 2.28. The molecule has 0 spiro atoms. The summed E-state index contributed by atoms with van der Waals surface area (Å²) >= 11 is 0. The highest BCUT2D eigenvalue weighted by Gasteiger charge is 2.29. The molecule has 1 fully saturated rings. The standard InChI is InChI=1S/C21H32F3NOSi/c1-16(15-27-20-10-8-19(9-11-20)21(22,23)24)7-5-4-6-12-25-13-17(2)26-18(3)14-25/h8-11,17-18H,1,4-7,12-15,27H2,2-3H3. The molecule has 1 aromatic carbocycles. The van der Waals surface area contributed by atoms with E-state index in [-0.39, 0.29) is 0 Å². The van der Waals surface area contributed by atoms with E-state index in [0.717, 1.165) is 43.7 Å². The van der Waals surface area contributed by atoms with Crippen LogP contribution in [0.15, 0.2) is 36.4 Å². The monoisotopic (exact) mass is 399 g/mol. The number of ether oxygens (including phenoxy) is 1. The summed E-state index contributed by atoms with van der Waals surface area (Å²) in [6, 6.07) is 6.63. The number of morpholine rings is 1. The molecule has 0 aromatic heterocycles. The van der Waals surface area contributed by atoms with Crippen molar-refractivity contribution < 1.29 is 17.9 Å². The molecule has 2 rings (SSSR count). The number of hydrogen-bond donors (Lipinski definition) is 0. The Balaban J connectivity index is 1.57. The van der Waals surface area contributed by atoms with Crippen molar-refractivity contribution in [1.82, 2.24) is 4.90 Å². The molecule has 2 atom stereocenters. The van der Waals surface area contributed by atoms with E-state index in [1.807, 2.05) is 0 Å². The van der Waals surface area contributed by atoms with Crippen molar-refractivity contribution in [3.05, 3.63) is 42.0 Å². The first-order valence-corrected chi connectivity index (χ1v) is 11.7. The first-order chi connectivity index (χ1) is 12.7. The van der Waals surface area contributed by atoms with Gasteiger partial charge in [0.2, 0.25) is 0 Å². The summed E-state index contributed by atoms with van der Waals surface area (Å²) in [6.45, 7) is 11.6. The van der Waals surface area contributed by atoms with Gasteiger partial charge in [0.15, 0.2) is 0 Å². The molecular weight excluding hydrogens is 367 g/mol. The number of hydrogen-bond acceptors (Lipinski definition) is 2. The summed E-state index contributed by atoms with van der Waals surface area (Å²) in [6.07, 6.45) is 0.969. The number of alkyl halides is 3. The van der Waals surface area contributed by atoms with Gasteiger partial charge in [0.05, 0.1) is 27.3 Å². The molecule has 1 aromatic rings. The van der Waals surface area contributed by atoms with Gasteiger partial charge in [-0.15, -0.1) is 6.58 Å². The molecule has 0 aliphatic carbocycles. The van der Waals surface area contributed by atoms with Gasteiger partial charge in [0.1, 0.15) is 0 Å². The Kier molecular flexibility index (Phi) is 8.57. The number of unbranched alkanes of at least 4 members (excludes halogenated alkanes) is 2. The molecule has 6 heteroatoms. The fraction of sp³-hybridized carbons (Fsp3) is 0.619. The molecule has 152 valence electrons. The first-order valence-electron chi connectivity index (χ1n) is 9.94. The van der Waals surface area contributed by atoms with Crippen LogP contribution < -0.4 is 5.19 Å². The zero-order valence-electron chi connectivity index (χ0n) is 16.5. The molecular formula is C21H32F3NOSi. The molecule has 1 aliphatic heterocycles. The second kappa shape index (κ2) is 10.4. The molecule has 2 nitrogen and oxygen atoms in total. The number of rotatable bonds is 9. The van der Waals surface area contributed by atoms with Gasteiger partial charge in [-0.05, 0) is 45.7 Å². The zero-order valence-corrected chi connectivity index (χ0v) is 17.9. The van der Waals surface area contributed by atoms with E-state index in [1.165, 1.54) is 30.5 Å². The van der Waals surface area contributed by atoms with Crippen LogP contribution in [0.3, 0.4) is 0 Å². The maximum Gasteiger partial charge on any atom is 0.416 e. The van der Waals surface area contributed by atoms with Gasteiger partial charge in [-0.3, -0.25) is 4.90 Å². The van der Waals surface area contributed by atoms with Gasteiger partial charge in [0, 0.05) is 13.1 Å². The molecule has 0 radical (unpaired) electrons. The lowest BCUT2D eigenvalue weighted by molar-refractivity contribution is -0.137. The van der Waals surface area contributed by atoms with Crippen molar-refractivity contribution in [1.29, 1.82) is 0 Å². The summed E-state index contributed by atoms with van der Waals surface area (Å²) in [4.78, 5) is 2.49. The number of halogens is 3. The molecule has 0 N–H and O–H groups in total. The van der Waals surface area contributed by atoms with Crippen LogP contribution in [0.2, 0.25) is 6.04 Å². The number of nitrogens with zero attached hydrogens (tertiary/aromatic N) is 1. The summed E-state index contributed by atoms with van der Waals surface area (Å²) < 4.78 is 43.5. The van der Waals surface area contributed by atoms with Gasteiger partial charge in [-0.2, -0.15) is 13.2 Å². The fourth-order valence-electron chi connectivity index (χ4n) is 3.66. The van der Waals surface area contributed by atoms with Crippen LogP contribution in [-0.4, -0.2) is 46.3 Å². The topological polar surface area (TPSA) is 12.5 Å². The van der Waals surface area contributed by atoms with Crippen molar-refractivity contribution in [2.24, 2.45) is 0 Å². The largest absolute Gasteiger partial charge is 0.416 e. The predicted octanol–water partition coefficient (Wildman–Crippen LogP) is 4.14. The minimum absolute atomic E-state index is 0.323. The first kappa shape index (κ1) is 22.2. The van der Waals surface area contributed by atoms with Gasteiger partial charge in [-0.25, -0.2) is 0 Å². The van der Waals surface area contributed by atoms with Crippen molar-refractivity contribution in [3.63, 3.8) is 0 Å². The van der Waals surface area contributed by atoms with E-state index in [9.17, 15) is 13.2 Å². The molecule has 0 amide bonds. The minimum atomic E-state index is -4.25. The predicted molar refractivity (Wildman–Crippen MR) is 108 cm³/mol. The van der Waals surface area contributed by atoms with E-state index in [2.05, 4.69) is 25.3 Å². The van der Waals surface area contributed by atoms with Crippen molar-refractivity contribution in [2.75, 3.05) is 19.6 Å². The maximum absolute atomic E-state index is 12.6. The third kappa shape index (κ3) is 8.19. The summed E-state index contributed by atoms with van der Waals surface area (Å²) in [7, 11) is -0.575. The minimum Gasteiger partial charge on any atom is -0.373 e. The van der Waals surface area contributed by atoms with Crippen LogP contribution in [0.25, 0.3) is 0 Å². The second-order valence-electron chi connectivity index (χ2n) is 7.77. The molecule has 0 bridgehead atoms. The zero-order chi connectivity index (χ0) is 19.9. The van der Waals surface area contributed by atoms with Crippen LogP contribution in [0.4, 0.5) is 13.2 Å². The van der Waals surface area contributed by atoms with Gasteiger partial charge >= 0.3 is 6.18 Å². The van der Waals surface area contributed by atoms with Gasteiger partial charge in [-0.1, -0.05) is 41.4 Å². The van der Waals surface area contributed by atoms with Crippen LogP contribution in [0, 0.1) is 0 Å². The number of benzene rings is 1. The van der Waals surface area contributed by atoms with E-state index < -0.39 is 21.3 Å². The Morgan fingerprint density at radius 3 is 2.33 bits per heavy atom. The van der Waals surface area contributed by atoms with Crippen LogP contribution in [0.5, 0.6) is 0 Å². The van der Waals surface area contributed by atoms with Crippen LogP contribution >= 0.6 is 0 Å². The fourth-order valence-corrected chi connectivity index (χ4v) is 5.12. The lowest BCUT2D eigenvalue weighted by atomic mass is 10.1. The molecule has 1 saturated heterocycles. The summed E-state index contributed by atoms with van der Waals surface area (Å²) in [5.74, 6) is 0. The Bertz CT molecular complexity index is 578. The normalized spacial score (nSPS) is 21.8. The maximum atomic E-state index is 12.6. The average molecular weight is 400 g/mol. The Morgan fingerprint density at radius 2 is 1.74 bits per heavy atom. The highest BCUT2D eigenvalue weighted by molar-refractivity contribution is 6.54. The molecule has 1 aliphatic rings. The summed E-state index contributed by atoms with van der Waals surface area (Å²) in [5, 5.41) is 1.07. The van der Waals surface area contributed by atoms with Crippen molar-refractivity contribution in [3.8, 4) is 0 Å². The Labute approximate surface area is 163 Å². The molecule has 1 heterocycles. The smallest absolute Gasteiger partial charge is 0.373 e. The van der Waals surface area contributed by atoms with Crippen molar-refractivity contribution in [2.45, 2.75) is 64.0 Å². The SMILES string of the molecule is C=C(CCCCCN1CC(C)OC(C)C1)C[SiH2]c1ccc(C(F)(F)F)cc1. The quantitative estimate of drug-likeness (QED) is 0.351. The van der Waals surface area contributed by atoms with E-state index in [1.54, 1.807) is 12.1 Å². The Hall–Kier alpha value is -1.11. The van der Waals surface area contributed by atoms with Crippen molar-refractivity contribution >= 4 is 14.7 Å². The molecule has 2 unspecified atom stereocenters. The number of allylic oxidation sites excluding steroid dienone is 1. The summed E-state index contributed by atoms with van der Waals surface area (Å²) in [5.41, 5.74) is 0.679. The third-order valence-corrected chi connectivity index (χ3v) is 7.05. The van der Waals surface area contributed by atoms with E-state index >= 15 is 0 Å². The van der Waals surface area contributed by atoms with Gasteiger partial charge in [0.25, 0.3) is 0 Å². The van der Waals surface area contributed by atoms with E-state index in [4.69, 9.17) is 4.74 Å². The highest BCUT2D eigenvalue weighted by atomic mass is 28.2. The van der Waals surface area contributed by atoms with Crippen LogP contribution in [-0.2, 0) is 10.9 Å². The van der Waals surface area contributed by atoms with Crippen LogP contribution in [0.1, 0.15) is 45.1 Å². The second-order valence-corrected chi connectivity index (χ2v) is 9.59. The lowest BCUT2D eigenvalue weighted by Crippen LogP contribution is -2.45. The average Bonchev–Trinajstić information content (AvgIpc) is 2.58. The van der Waals surface area contributed by atoms with Gasteiger partial charge < -0.3 is 4.74 Å². The lowest BCUT2D eigenvalue weighted by Gasteiger charge is -2.35. The molecule has 27 heavy (non-hydrogen) atoms. The third-order valence-electron chi connectivity index (χ3n) is 5.05. The van der Waals surface area contributed by atoms with E-state index in [0.29, 0.717) is 12.2 Å².